The highest BCUT2D eigenvalue weighted by Gasteiger charge is 2.13. The van der Waals surface area contributed by atoms with Crippen LogP contribution >= 0.6 is 11.3 Å². The van der Waals surface area contributed by atoms with Crippen molar-refractivity contribution in [3.05, 3.63) is 34.5 Å². The normalized spacial score (nSPS) is 12.1. The third-order valence-corrected chi connectivity index (χ3v) is 4.73. The fourth-order valence-corrected chi connectivity index (χ4v) is 3.29. The standard InChI is InChI=1S/C19H31N7OS/c1-5-16-25-23-14-26(16)11-10-21-18(20-9-8-15-7-6-12-28-15)22-13-17(27)24-19(2,3)4/h6-7,12,14H,5,8-11,13H2,1-4H3,(H,24,27)(H2,20,21,22). The number of amides is 1. The van der Waals surface area contributed by atoms with Crippen molar-refractivity contribution in [1.82, 2.24) is 30.7 Å². The quantitative estimate of drug-likeness (QED) is 0.435. The number of aryl methyl sites for hydroxylation is 1. The summed E-state index contributed by atoms with van der Waals surface area (Å²) in [6.07, 6.45) is 3.49. The fourth-order valence-electron chi connectivity index (χ4n) is 2.58. The van der Waals surface area contributed by atoms with Crippen LogP contribution in [0.15, 0.2) is 28.8 Å². The van der Waals surface area contributed by atoms with Crippen molar-refractivity contribution in [3.63, 3.8) is 0 Å². The number of carbonyl (C=O) groups excluding carboxylic acids is 1. The van der Waals surface area contributed by atoms with Gasteiger partial charge in [-0.05, 0) is 38.6 Å². The summed E-state index contributed by atoms with van der Waals surface area (Å²) >= 11 is 1.74. The smallest absolute Gasteiger partial charge is 0.242 e. The molecule has 2 aromatic heterocycles. The average Bonchev–Trinajstić information content (AvgIpc) is 3.29. The van der Waals surface area contributed by atoms with Crippen molar-refractivity contribution in [3.8, 4) is 0 Å². The first-order chi connectivity index (χ1) is 13.4. The molecule has 2 heterocycles. The Kier molecular flexibility index (Phi) is 8.43. The number of thiophene rings is 1. The molecule has 3 N–H and O–H groups in total. The first-order valence-electron chi connectivity index (χ1n) is 9.59. The predicted octanol–water partition coefficient (Wildman–Crippen LogP) is 1.59. The van der Waals surface area contributed by atoms with E-state index in [1.807, 2.05) is 25.3 Å². The number of hydrogen-bond donors (Lipinski definition) is 3. The Morgan fingerprint density at radius 1 is 1.29 bits per heavy atom. The molecular formula is C19H31N7OS. The number of aliphatic imine (C=N–C) groups is 1. The van der Waals surface area contributed by atoms with Gasteiger partial charge in [0.05, 0.1) is 0 Å². The maximum Gasteiger partial charge on any atom is 0.242 e. The highest BCUT2D eigenvalue weighted by molar-refractivity contribution is 7.09. The SMILES string of the molecule is CCc1nncn1CCNC(=NCC(=O)NC(C)(C)C)NCCc1cccs1. The van der Waals surface area contributed by atoms with Crippen LogP contribution in [0.3, 0.4) is 0 Å². The topological polar surface area (TPSA) is 96.2 Å². The molecule has 0 aliphatic carbocycles. The molecule has 28 heavy (non-hydrogen) atoms. The van der Waals surface area contributed by atoms with Crippen LogP contribution in [0.25, 0.3) is 0 Å². The van der Waals surface area contributed by atoms with Gasteiger partial charge < -0.3 is 20.5 Å². The van der Waals surface area contributed by atoms with Crippen molar-refractivity contribution in [2.45, 2.75) is 52.6 Å². The Morgan fingerprint density at radius 3 is 2.75 bits per heavy atom. The zero-order valence-electron chi connectivity index (χ0n) is 17.2. The van der Waals surface area contributed by atoms with Crippen LogP contribution in [0.2, 0.25) is 0 Å². The molecule has 2 rings (SSSR count). The van der Waals surface area contributed by atoms with Crippen molar-refractivity contribution < 1.29 is 4.79 Å². The van der Waals surface area contributed by atoms with Gasteiger partial charge in [-0.2, -0.15) is 0 Å². The summed E-state index contributed by atoms with van der Waals surface area (Å²) in [4.78, 5) is 17.8. The van der Waals surface area contributed by atoms with E-state index in [2.05, 4.69) is 55.6 Å². The molecule has 0 saturated carbocycles. The van der Waals surface area contributed by atoms with Crippen LogP contribution in [0.4, 0.5) is 0 Å². The number of aromatic nitrogens is 3. The lowest BCUT2D eigenvalue weighted by Crippen LogP contribution is -2.44. The fraction of sp³-hybridized carbons (Fsp3) is 0.579. The zero-order chi connectivity index (χ0) is 20.4. The molecule has 0 aliphatic heterocycles. The maximum atomic E-state index is 12.1. The molecule has 1 amide bonds. The van der Waals surface area contributed by atoms with Gasteiger partial charge in [0.15, 0.2) is 5.96 Å². The second kappa shape index (κ2) is 10.8. The van der Waals surface area contributed by atoms with Crippen LogP contribution in [-0.2, 0) is 24.2 Å². The van der Waals surface area contributed by atoms with Crippen LogP contribution in [0.5, 0.6) is 0 Å². The minimum Gasteiger partial charge on any atom is -0.356 e. The molecule has 154 valence electrons. The van der Waals surface area contributed by atoms with Gasteiger partial charge >= 0.3 is 0 Å². The number of hydrogen-bond acceptors (Lipinski definition) is 5. The lowest BCUT2D eigenvalue weighted by Gasteiger charge is -2.20. The third kappa shape index (κ3) is 8.08. The van der Waals surface area contributed by atoms with E-state index in [0.29, 0.717) is 12.5 Å². The Hall–Kier alpha value is -2.42. The Morgan fingerprint density at radius 2 is 2.07 bits per heavy atom. The van der Waals surface area contributed by atoms with Gasteiger partial charge in [0.2, 0.25) is 5.91 Å². The van der Waals surface area contributed by atoms with Crippen LogP contribution in [0.1, 0.15) is 38.4 Å². The van der Waals surface area contributed by atoms with E-state index in [1.54, 1.807) is 17.7 Å². The van der Waals surface area contributed by atoms with Gasteiger partial charge in [-0.15, -0.1) is 21.5 Å². The Balaban J connectivity index is 1.88. The molecule has 0 saturated heterocycles. The van der Waals surface area contributed by atoms with E-state index in [9.17, 15) is 4.79 Å². The first-order valence-corrected chi connectivity index (χ1v) is 10.5. The van der Waals surface area contributed by atoms with Gasteiger partial charge in [0.1, 0.15) is 18.7 Å². The summed E-state index contributed by atoms with van der Waals surface area (Å²) in [5, 5.41) is 19.6. The van der Waals surface area contributed by atoms with E-state index in [0.717, 1.165) is 31.8 Å². The summed E-state index contributed by atoms with van der Waals surface area (Å²) in [7, 11) is 0. The van der Waals surface area contributed by atoms with Crippen molar-refractivity contribution in [2.75, 3.05) is 19.6 Å². The Bertz CT molecular complexity index is 747. The summed E-state index contributed by atoms with van der Waals surface area (Å²) in [5.74, 6) is 1.49. The molecule has 0 aliphatic rings. The van der Waals surface area contributed by atoms with Gasteiger partial charge in [-0.3, -0.25) is 4.79 Å². The second-order valence-corrected chi connectivity index (χ2v) is 8.47. The molecule has 0 fully saturated rings. The molecular weight excluding hydrogens is 374 g/mol. The molecule has 0 aromatic carbocycles. The minimum atomic E-state index is -0.266. The van der Waals surface area contributed by atoms with Crippen LogP contribution in [-0.4, -0.2) is 51.8 Å². The van der Waals surface area contributed by atoms with Gasteiger partial charge in [0.25, 0.3) is 0 Å². The van der Waals surface area contributed by atoms with E-state index < -0.39 is 0 Å². The lowest BCUT2D eigenvalue weighted by molar-refractivity contribution is -0.121. The number of guanidine groups is 1. The molecule has 0 spiro atoms. The number of carbonyl (C=O) groups is 1. The number of nitrogens with one attached hydrogen (secondary N) is 3. The maximum absolute atomic E-state index is 12.1. The highest BCUT2D eigenvalue weighted by atomic mass is 32.1. The van der Waals surface area contributed by atoms with Gasteiger partial charge in [-0.25, -0.2) is 4.99 Å². The first kappa shape index (κ1) is 21.9. The van der Waals surface area contributed by atoms with Crippen molar-refractivity contribution >= 4 is 23.2 Å². The summed E-state index contributed by atoms with van der Waals surface area (Å²) in [6.45, 7) is 10.2. The molecule has 0 unspecified atom stereocenters. The van der Waals surface area contributed by atoms with E-state index in [4.69, 9.17) is 0 Å². The summed E-state index contributed by atoms with van der Waals surface area (Å²) in [6, 6.07) is 4.17. The highest BCUT2D eigenvalue weighted by Crippen LogP contribution is 2.08. The monoisotopic (exact) mass is 405 g/mol. The van der Waals surface area contributed by atoms with E-state index >= 15 is 0 Å². The molecule has 0 atom stereocenters. The average molecular weight is 406 g/mol. The van der Waals surface area contributed by atoms with Crippen molar-refractivity contribution in [2.24, 2.45) is 4.99 Å². The van der Waals surface area contributed by atoms with Gasteiger partial charge in [-0.1, -0.05) is 13.0 Å². The number of nitrogens with zero attached hydrogens (tertiary/aromatic N) is 4. The third-order valence-electron chi connectivity index (χ3n) is 3.80. The molecule has 0 radical (unpaired) electrons. The minimum absolute atomic E-state index is 0.0818. The Labute approximate surface area is 170 Å². The largest absolute Gasteiger partial charge is 0.356 e. The summed E-state index contributed by atoms with van der Waals surface area (Å²) in [5.41, 5.74) is -0.266. The zero-order valence-corrected chi connectivity index (χ0v) is 18.0. The van der Waals surface area contributed by atoms with Crippen LogP contribution in [0, 0.1) is 0 Å². The second-order valence-electron chi connectivity index (χ2n) is 7.44. The summed E-state index contributed by atoms with van der Waals surface area (Å²) < 4.78 is 2.02. The van der Waals surface area contributed by atoms with Crippen LogP contribution < -0.4 is 16.0 Å². The van der Waals surface area contributed by atoms with Crippen molar-refractivity contribution in [1.29, 1.82) is 0 Å². The molecule has 2 aromatic rings. The molecule has 9 heteroatoms. The lowest BCUT2D eigenvalue weighted by atomic mass is 10.1. The number of rotatable bonds is 9. The molecule has 8 nitrogen and oxygen atoms in total. The van der Waals surface area contributed by atoms with Gasteiger partial charge in [0, 0.05) is 36.5 Å². The predicted molar refractivity (Wildman–Crippen MR) is 114 cm³/mol. The molecule has 0 bridgehead atoms. The van der Waals surface area contributed by atoms with E-state index in [1.165, 1.54) is 4.88 Å². The van der Waals surface area contributed by atoms with E-state index in [-0.39, 0.29) is 18.0 Å².